The molecule has 0 spiro atoms. The van der Waals surface area contributed by atoms with Crippen LogP contribution in [-0.4, -0.2) is 15.0 Å². The van der Waals surface area contributed by atoms with E-state index in [0.717, 1.165) is 8.95 Å². The van der Waals surface area contributed by atoms with Crippen LogP contribution in [0.2, 0.25) is 0 Å². The minimum Gasteiger partial charge on any atom is -0.304 e. The third-order valence-corrected chi connectivity index (χ3v) is 4.37. The lowest BCUT2D eigenvalue weighted by Gasteiger charge is -2.05. The van der Waals surface area contributed by atoms with Gasteiger partial charge < -0.3 is 4.98 Å². The summed E-state index contributed by atoms with van der Waals surface area (Å²) in [5, 5.41) is 0. The third kappa shape index (κ3) is 2.76. The standard InChI is InChI=1S/C10H6Br2IN3O/c1-4-7(13)10(17)16-9(15-4)8-6(12)2-5(11)3-14-8/h2-3H,1H3,(H,15,16,17). The Bertz CT molecular complexity index is 642. The van der Waals surface area contributed by atoms with Crippen LogP contribution < -0.4 is 5.56 Å². The van der Waals surface area contributed by atoms with Gasteiger partial charge >= 0.3 is 0 Å². The van der Waals surface area contributed by atoms with Crippen LogP contribution in [0.3, 0.4) is 0 Å². The smallest absolute Gasteiger partial charge is 0.264 e. The van der Waals surface area contributed by atoms with Gasteiger partial charge in [-0.05, 0) is 67.4 Å². The van der Waals surface area contributed by atoms with Gasteiger partial charge in [0.25, 0.3) is 5.56 Å². The Hall–Kier alpha value is -0.280. The summed E-state index contributed by atoms with van der Waals surface area (Å²) in [6.45, 7) is 1.80. The van der Waals surface area contributed by atoms with Crippen molar-refractivity contribution in [2.45, 2.75) is 6.92 Å². The lowest BCUT2D eigenvalue weighted by molar-refractivity contribution is 1.03. The Labute approximate surface area is 128 Å². The summed E-state index contributed by atoms with van der Waals surface area (Å²) in [6, 6.07) is 1.86. The maximum Gasteiger partial charge on any atom is 0.264 e. The molecule has 0 aliphatic heterocycles. The number of pyridine rings is 1. The molecule has 0 radical (unpaired) electrons. The predicted molar refractivity (Wildman–Crippen MR) is 80.9 cm³/mol. The van der Waals surface area contributed by atoms with Crippen molar-refractivity contribution in [3.05, 3.63) is 40.8 Å². The molecule has 0 atom stereocenters. The van der Waals surface area contributed by atoms with Crippen LogP contribution in [0, 0.1) is 10.5 Å². The number of aromatic amines is 1. The molecule has 0 amide bonds. The number of nitrogens with one attached hydrogen (secondary N) is 1. The molecule has 0 saturated carbocycles. The van der Waals surface area contributed by atoms with E-state index in [2.05, 4.69) is 46.8 Å². The highest BCUT2D eigenvalue weighted by atomic mass is 127. The lowest BCUT2D eigenvalue weighted by Crippen LogP contribution is -2.15. The molecule has 2 aromatic rings. The van der Waals surface area contributed by atoms with Crippen LogP contribution in [0.25, 0.3) is 11.5 Å². The van der Waals surface area contributed by atoms with Crippen molar-refractivity contribution >= 4 is 54.5 Å². The van der Waals surface area contributed by atoms with Gasteiger partial charge in [0.05, 0.1) is 9.26 Å². The van der Waals surface area contributed by atoms with Crippen LogP contribution in [0.5, 0.6) is 0 Å². The number of hydrogen-bond acceptors (Lipinski definition) is 3. The molecule has 0 fully saturated rings. The van der Waals surface area contributed by atoms with Crippen molar-refractivity contribution in [2.75, 3.05) is 0 Å². The molecule has 0 aliphatic carbocycles. The van der Waals surface area contributed by atoms with E-state index in [1.165, 1.54) is 0 Å². The molecular formula is C10H6Br2IN3O. The van der Waals surface area contributed by atoms with Crippen molar-refractivity contribution in [3.63, 3.8) is 0 Å². The van der Waals surface area contributed by atoms with Crippen molar-refractivity contribution in [1.29, 1.82) is 0 Å². The number of H-pyrrole nitrogens is 1. The SMILES string of the molecule is Cc1nc(-c2ncc(Br)cc2Br)[nH]c(=O)c1I. The van der Waals surface area contributed by atoms with Gasteiger partial charge in [-0.25, -0.2) is 4.98 Å². The Kier molecular flexibility index (Phi) is 3.99. The van der Waals surface area contributed by atoms with E-state index >= 15 is 0 Å². The summed E-state index contributed by atoms with van der Waals surface area (Å²) >= 11 is 8.69. The van der Waals surface area contributed by atoms with E-state index in [0.29, 0.717) is 20.8 Å². The highest BCUT2D eigenvalue weighted by Crippen LogP contribution is 2.25. The van der Waals surface area contributed by atoms with Gasteiger partial charge in [-0.1, -0.05) is 0 Å². The summed E-state index contributed by atoms with van der Waals surface area (Å²) in [7, 11) is 0. The Balaban J connectivity index is 2.65. The topological polar surface area (TPSA) is 58.6 Å². The molecule has 1 N–H and O–H groups in total. The second-order valence-corrected chi connectivity index (χ2v) is 6.15. The monoisotopic (exact) mass is 469 g/mol. The molecule has 2 aromatic heterocycles. The van der Waals surface area contributed by atoms with Gasteiger partial charge in [0.1, 0.15) is 5.69 Å². The number of rotatable bonds is 1. The molecule has 2 heterocycles. The second-order valence-electron chi connectivity index (χ2n) is 3.30. The first-order valence-corrected chi connectivity index (χ1v) is 7.23. The minimum atomic E-state index is -0.148. The first-order chi connectivity index (χ1) is 7.99. The van der Waals surface area contributed by atoms with Crippen molar-refractivity contribution < 1.29 is 0 Å². The summed E-state index contributed by atoms with van der Waals surface area (Å²) in [5.41, 5.74) is 1.16. The fraction of sp³-hybridized carbons (Fsp3) is 0.100. The van der Waals surface area contributed by atoms with E-state index in [4.69, 9.17) is 0 Å². The molecule has 17 heavy (non-hydrogen) atoms. The van der Waals surface area contributed by atoms with E-state index in [-0.39, 0.29) is 5.56 Å². The fourth-order valence-corrected chi connectivity index (χ4v) is 2.70. The summed E-state index contributed by atoms with van der Waals surface area (Å²) in [4.78, 5) is 22.9. The molecule has 2 rings (SSSR count). The molecule has 0 unspecified atom stereocenters. The quantitative estimate of drug-likeness (QED) is 0.651. The zero-order chi connectivity index (χ0) is 12.6. The first-order valence-electron chi connectivity index (χ1n) is 4.57. The van der Waals surface area contributed by atoms with E-state index in [9.17, 15) is 4.79 Å². The van der Waals surface area contributed by atoms with E-state index in [1.54, 1.807) is 13.1 Å². The van der Waals surface area contributed by atoms with Crippen molar-refractivity contribution in [1.82, 2.24) is 15.0 Å². The van der Waals surface area contributed by atoms with Crippen molar-refractivity contribution in [3.8, 4) is 11.5 Å². The van der Waals surface area contributed by atoms with E-state index in [1.807, 2.05) is 28.7 Å². The fourth-order valence-electron chi connectivity index (χ4n) is 1.27. The van der Waals surface area contributed by atoms with Gasteiger partial charge in [-0.3, -0.25) is 9.78 Å². The molecule has 0 bridgehead atoms. The molecule has 4 nitrogen and oxygen atoms in total. The van der Waals surface area contributed by atoms with E-state index < -0.39 is 0 Å². The number of hydrogen-bond donors (Lipinski definition) is 1. The third-order valence-electron chi connectivity index (χ3n) is 2.06. The largest absolute Gasteiger partial charge is 0.304 e. The molecular weight excluding hydrogens is 465 g/mol. The Morgan fingerprint density at radius 3 is 2.71 bits per heavy atom. The number of halogens is 3. The van der Waals surface area contributed by atoms with Crippen LogP contribution in [0.15, 0.2) is 26.0 Å². The van der Waals surface area contributed by atoms with Gasteiger partial charge in [0.15, 0.2) is 5.82 Å². The van der Waals surface area contributed by atoms with Gasteiger partial charge in [-0.15, -0.1) is 0 Å². The maximum atomic E-state index is 11.7. The zero-order valence-electron chi connectivity index (χ0n) is 8.59. The molecule has 0 aliphatic rings. The average molecular weight is 471 g/mol. The van der Waals surface area contributed by atoms with Gasteiger partial charge in [0.2, 0.25) is 0 Å². The second kappa shape index (κ2) is 5.15. The van der Waals surface area contributed by atoms with Gasteiger partial charge in [-0.2, -0.15) is 0 Å². The lowest BCUT2D eigenvalue weighted by atomic mass is 10.3. The van der Waals surface area contributed by atoms with Gasteiger partial charge in [0, 0.05) is 15.1 Å². The maximum absolute atomic E-state index is 11.7. The number of aromatic nitrogens is 3. The Morgan fingerprint density at radius 2 is 2.12 bits per heavy atom. The van der Waals surface area contributed by atoms with Crippen LogP contribution in [-0.2, 0) is 0 Å². The molecule has 0 aromatic carbocycles. The van der Waals surface area contributed by atoms with Crippen molar-refractivity contribution in [2.24, 2.45) is 0 Å². The highest BCUT2D eigenvalue weighted by Gasteiger charge is 2.11. The number of aryl methyl sites for hydroxylation is 1. The number of nitrogens with zero attached hydrogens (tertiary/aromatic N) is 2. The Morgan fingerprint density at radius 1 is 1.41 bits per heavy atom. The minimum absolute atomic E-state index is 0.148. The molecule has 0 saturated heterocycles. The van der Waals surface area contributed by atoms with Crippen LogP contribution in [0.1, 0.15) is 5.69 Å². The first kappa shape index (κ1) is 13.2. The van der Waals surface area contributed by atoms with Crippen LogP contribution >= 0.6 is 54.5 Å². The normalized spacial score (nSPS) is 10.6. The molecule has 7 heteroatoms. The summed E-state index contributed by atoms with van der Waals surface area (Å²) in [6.07, 6.45) is 1.66. The summed E-state index contributed by atoms with van der Waals surface area (Å²) < 4.78 is 2.23. The van der Waals surface area contributed by atoms with Crippen LogP contribution in [0.4, 0.5) is 0 Å². The average Bonchev–Trinajstić information content (AvgIpc) is 2.25. The molecule has 88 valence electrons. The predicted octanol–water partition coefficient (Wildman–Crippen LogP) is 3.27. The summed E-state index contributed by atoms with van der Waals surface area (Å²) in [5.74, 6) is 0.465. The zero-order valence-corrected chi connectivity index (χ0v) is 13.9. The highest BCUT2D eigenvalue weighted by molar-refractivity contribution is 14.1.